The van der Waals surface area contributed by atoms with Crippen molar-refractivity contribution in [1.29, 1.82) is 0 Å². The molecule has 1 nitrogen and oxygen atoms in total. The minimum absolute atomic E-state index is 0.228. The molecule has 1 aromatic carbocycles. The molecular weight excluding hydrogens is 257 g/mol. The molecule has 0 amide bonds. The molecular formula is C13H17ClFNS. The van der Waals surface area contributed by atoms with E-state index in [1.54, 1.807) is 12.1 Å². The molecule has 0 fully saturated rings. The Morgan fingerprint density at radius 1 is 1.53 bits per heavy atom. The Morgan fingerprint density at radius 3 is 3.00 bits per heavy atom. The van der Waals surface area contributed by atoms with E-state index < -0.39 is 0 Å². The summed E-state index contributed by atoms with van der Waals surface area (Å²) in [5.41, 5.74) is 2.24. The minimum atomic E-state index is -0.309. The molecule has 0 spiro atoms. The molecule has 17 heavy (non-hydrogen) atoms. The van der Waals surface area contributed by atoms with Gasteiger partial charge in [-0.1, -0.05) is 25.4 Å². The van der Waals surface area contributed by atoms with Gasteiger partial charge in [0.05, 0.1) is 5.02 Å². The van der Waals surface area contributed by atoms with Gasteiger partial charge in [0.25, 0.3) is 0 Å². The summed E-state index contributed by atoms with van der Waals surface area (Å²) in [4.78, 5) is 0. The van der Waals surface area contributed by atoms with Crippen molar-refractivity contribution in [3.8, 4) is 0 Å². The van der Waals surface area contributed by atoms with Gasteiger partial charge in [0.15, 0.2) is 0 Å². The van der Waals surface area contributed by atoms with Crippen LogP contribution in [0.15, 0.2) is 12.1 Å². The van der Waals surface area contributed by atoms with Crippen LogP contribution in [0.3, 0.4) is 0 Å². The SMILES string of the molecule is CCNC1c2cc(Cl)c(F)cc2CSCC1C. The van der Waals surface area contributed by atoms with Crippen LogP contribution in [-0.4, -0.2) is 12.3 Å². The summed E-state index contributed by atoms with van der Waals surface area (Å²) in [6, 6.07) is 3.66. The zero-order chi connectivity index (χ0) is 12.4. The zero-order valence-corrected chi connectivity index (χ0v) is 11.7. The maximum Gasteiger partial charge on any atom is 0.142 e. The lowest BCUT2D eigenvalue weighted by Crippen LogP contribution is -2.27. The number of hydrogen-bond donors (Lipinski definition) is 1. The molecule has 0 saturated carbocycles. The fourth-order valence-electron chi connectivity index (χ4n) is 2.31. The van der Waals surface area contributed by atoms with E-state index in [2.05, 4.69) is 19.2 Å². The third-order valence-corrected chi connectivity index (χ3v) is 4.71. The third-order valence-electron chi connectivity index (χ3n) is 3.15. The first-order chi connectivity index (χ1) is 8.13. The number of rotatable bonds is 2. The van der Waals surface area contributed by atoms with Crippen LogP contribution in [0.2, 0.25) is 5.02 Å². The normalized spacial score (nSPS) is 24.2. The maximum atomic E-state index is 13.5. The van der Waals surface area contributed by atoms with Gasteiger partial charge in [-0.2, -0.15) is 11.8 Å². The van der Waals surface area contributed by atoms with Crippen LogP contribution in [0.1, 0.15) is 31.0 Å². The standard InChI is InChI=1S/C13H17ClFNS/c1-3-16-13-8(2)6-17-7-9-4-12(15)11(14)5-10(9)13/h4-5,8,13,16H,3,6-7H2,1-2H3. The van der Waals surface area contributed by atoms with Gasteiger partial charge in [0.1, 0.15) is 5.82 Å². The van der Waals surface area contributed by atoms with Crippen LogP contribution in [-0.2, 0) is 5.75 Å². The second-order valence-electron chi connectivity index (χ2n) is 4.49. The van der Waals surface area contributed by atoms with Crippen LogP contribution in [0.25, 0.3) is 0 Å². The Labute approximate surface area is 111 Å². The molecule has 1 heterocycles. The second kappa shape index (κ2) is 5.59. The van der Waals surface area contributed by atoms with Crippen molar-refractivity contribution < 1.29 is 4.39 Å². The number of benzene rings is 1. The lowest BCUT2D eigenvalue weighted by atomic mass is 9.92. The molecule has 1 aliphatic rings. The first-order valence-corrected chi connectivity index (χ1v) is 7.45. The monoisotopic (exact) mass is 273 g/mol. The fraction of sp³-hybridized carbons (Fsp3) is 0.538. The van der Waals surface area contributed by atoms with Crippen LogP contribution in [0.4, 0.5) is 4.39 Å². The van der Waals surface area contributed by atoms with Gasteiger partial charge in [0.2, 0.25) is 0 Å². The van der Waals surface area contributed by atoms with Crippen LogP contribution < -0.4 is 5.32 Å². The lowest BCUT2D eigenvalue weighted by molar-refractivity contribution is 0.427. The van der Waals surface area contributed by atoms with Gasteiger partial charge >= 0.3 is 0 Å². The van der Waals surface area contributed by atoms with Gasteiger partial charge in [0, 0.05) is 11.8 Å². The molecule has 1 N–H and O–H groups in total. The van der Waals surface area contributed by atoms with E-state index in [4.69, 9.17) is 11.6 Å². The fourth-order valence-corrected chi connectivity index (χ4v) is 3.63. The van der Waals surface area contributed by atoms with E-state index in [1.165, 1.54) is 0 Å². The smallest absolute Gasteiger partial charge is 0.142 e. The average Bonchev–Trinajstić information content (AvgIpc) is 2.42. The van der Waals surface area contributed by atoms with E-state index in [9.17, 15) is 4.39 Å². The van der Waals surface area contributed by atoms with Crippen molar-refractivity contribution >= 4 is 23.4 Å². The Morgan fingerprint density at radius 2 is 2.29 bits per heavy atom. The molecule has 1 aliphatic heterocycles. The number of fused-ring (bicyclic) bond motifs is 1. The van der Waals surface area contributed by atoms with Crippen molar-refractivity contribution in [2.24, 2.45) is 5.92 Å². The first-order valence-electron chi connectivity index (χ1n) is 5.92. The van der Waals surface area contributed by atoms with Gasteiger partial charge in [-0.15, -0.1) is 0 Å². The van der Waals surface area contributed by atoms with Crippen LogP contribution >= 0.6 is 23.4 Å². The topological polar surface area (TPSA) is 12.0 Å². The highest BCUT2D eigenvalue weighted by atomic mass is 35.5. The summed E-state index contributed by atoms with van der Waals surface area (Å²) in [6.07, 6.45) is 0. The van der Waals surface area contributed by atoms with Gasteiger partial charge < -0.3 is 5.32 Å². The van der Waals surface area contributed by atoms with Crippen LogP contribution in [0.5, 0.6) is 0 Å². The molecule has 0 aliphatic carbocycles. The summed E-state index contributed by atoms with van der Waals surface area (Å²) in [5.74, 6) is 2.18. The highest BCUT2D eigenvalue weighted by Crippen LogP contribution is 2.36. The largest absolute Gasteiger partial charge is 0.310 e. The van der Waals surface area contributed by atoms with E-state index in [1.807, 2.05) is 11.8 Å². The van der Waals surface area contributed by atoms with E-state index in [0.29, 0.717) is 5.92 Å². The summed E-state index contributed by atoms with van der Waals surface area (Å²) in [6.45, 7) is 5.23. The summed E-state index contributed by atoms with van der Waals surface area (Å²) in [5, 5.41) is 3.71. The number of nitrogens with one attached hydrogen (secondary N) is 1. The molecule has 2 unspecified atom stereocenters. The first kappa shape index (κ1) is 13.2. The van der Waals surface area contributed by atoms with Crippen molar-refractivity contribution in [2.45, 2.75) is 25.6 Å². The summed E-state index contributed by atoms with van der Waals surface area (Å²) < 4.78 is 13.5. The molecule has 4 heteroatoms. The van der Waals surface area contributed by atoms with Gasteiger partial charge in [-0.05, 0) is 41.5 Å². The summed E-state index contributed by atoms with van der Waals surface area (Å²) in [7, 11) is 0. The second-order valence-corrected chi connectivity index (χ2v) is 5.93. The van der Waals surface area contributed by atoms with E-state index >= 15 is 0 Å². The highest BCUT2D eigenvalue weighted by Gasteiger charge is 2.25. The van der Waals surface area contributed by atoms with Crippen molar-refractivity contribution in [3.63, 3.8) is 0 Å². The molecule has 1 aromatic rings. The Balaban J connectivity index is 2.45. The summed E-state index contributed by atoms with van der Waals surface area (Å²) >= 11 is 7.76. The van der Waals surface area contributed by atoms with Crippen molar-refractivity contribution in [3.05, 3.63) is 34.1 Å². The Kier molecular flexibility index (Phi) is 4.34. The molecule has 94 valence electrons. The van der Waals surface area contributed by atoms with Gasteiger partial charge in [-0.25, -0.2) is 4.39 Å². The van der Waals surface area contributed by atoms with Crippen LogP contribution in [0, 0.1) is 11.7 Å². The van der Waals surface area contributed by atoms with Gasteiger partial charge in [-0.3, -0.25) is 0 Å². The number of halogens is 2. The van der Waals surface area contributed by atoms with E-state index in [0.717, 1.165) is 29.2 Å². The lowest BCUT2D eigenvalue weighted by Gasteiger charge is -2.24. The van der Waals surface area contributed by atoms with Crippen molar-refractivity contribution in [1.82, 2.24) is 5.32 Å². The third kappa shape index (κ3) is 2.78. The molecule has 2 rings (SSSR count). The zero-order valence-electron chi connectivity index (χ0n) is 10.1. The molecule has 0 bridgehead atoms. The van der Waals surface area contributed by atoms with Crippen molar-refractivity contribution in [2.75, 3.05) is 12.3 Å². The maximum absolute atomic E-state index is 13.5. The molecule has 0 aromatic heterocycles. The average molecular weight is 274 g/mol. The predicted molar refractivity (Wildman–Crippen MR) is 73.2 cm³/mol. The number of hydrogen-bond acceptors (Lipinski definition) is 2. The predicted octanol–water partition coefficient (Wildman–Crippen LogP) is 4.01. The quantitative estimate of drug-likeness (QED) is 0.874. The Hall–Kier alpha value is -0.250. The molecule has 0 saturated heterocycles. The van der Waals surface area contributed by atoms with E-state index in [-0.39, 0.29) is 16.9 Å². The molecule has 2 atom stereocenters. The molecule has 0 radical (unpaired) electrons. The minimum Gasteiger partial charge on any atom is -0.310 e. The number of thioether (sulfide) groups is 1. The Bertz CT molecular complexity index is 411. The highest BCUT2D eigenvalue weighted by molar-refractivity contribution is 7.98.